The molecule has 3 heteroatoms. The Morgan fingerprint density at radius 1 is 0.810 bits per heavy atom. The first kappa shape index (κ1) is 15.4. The summed E-state index contributed by atoms with van der Waals surface area (Å²) < 4.78 is 0. The van der Waals surface area contributed by atoms with Gasteiger partial charge in [-0.2, -0.15) is 0 Å². The maximum Gasteiger partial charge on any atom is 0.115 e. The molecule has 0 radical (unpaired) electrons. The Morgan fingerprint density at radius 3 is 1.48 bits per heavy atom. The molecule has 0 spiro atoms. The Balaban J connectivity index is 2.56. The highest BCUT2D eigenvalue weighted by Gasteiger charge is 2.34. The van der Waals surface area contributed by atoms with Gasteiger partial charge in [0.1, 0.15) is 11.5 Å². The molecule has 0 aliphatic heterocycles. The predicted molar refractivity (Wildman–Crippen MR) is 83.5 cm³/mol. The van der Waals surface area contributed by atoms with E-state index in [0.717, 1.165) is 17.5 Å². The van der Waals surface area contributed by atoms with E-state index in [1.165, 1.54) is 0 Å². The molecule has 3 nitrogen and oxygen atoms in total. The quantitative estimate of drug-likeness (QED) is 0.789. The Labute approximate surface area is 125 Å². The normalized spacial score (nSPS) is 11.8. The fourth-order valence-corrected chi connectivity index (χ4v) is 2.91. The average Bonchev–Trinajstić information content (AvgIpc) is 2.46. The predicted octanol–water partition coefficient (Wildman–Crippen LogP) is 3.42. The van der Waals surface area contributed by atoms with Gasteiger partial charge in [0.05, 0.1) is 6.61 Å². The van der Waals surface area contributed by atoms with Crippen LogP contribution in [0.25, 0.3) is 0 Å². The van der Waals surface area contributed by atoms with Gasteiger partial charge in [0.25, 0.3) is 0 Å². The van der Waals surface area contributed by atoms with Crippen LogP contribution in [0, 0.1) is 5.92 Å². The van der Waals surface area contributed by atoms with Crippen LogP contribution in [0.4, 0.5) is 0 Å². The second-order valence-corrected chi connectivity index (χ2v) is 5.93. The number of phenols is 2. The van der Waals surface area contributed by atoms with E-state index in [1.54, 1.807) is 24.3 Å². The van der Waals surface area contributed by atoms with Crippen molar-refractivity contribution in [2.45, 2.75) is 25.7 Å². The van der Waals surface area contributed by atoms with Crippen molar-refractivity contribution in [2.75, 3.05) is 6.61 Å². The van der Waals surface area contributed by atoms with Gasteiger partial charge in [-0.1, -0.05) is 38.1 Å². The number of aliphatic hydroxyl groups excluding tert-OH is 1. The molecule has 21 heavy (non-hydrogen) atoms. The first-order valence-corrected chi connectivity index (χ1v) is 7.18. The summed E-state index contributed by atoms with van der Waals surface area (Å²) in [5.74, 6) is 0.807. The van der Waals surface area contributed by atoms with Crippen LogP contribution >= 0.6 is 0 Å². The van der Waals surface area contributed by atoms with Gasteiger partial charge in [-0.15, -0.1) is 0 Å². The first-order valence-electron chi connectivity index (χ1n) is 7.18. The zero-order valence-corrected chi connectivity index (χ0v) is 12.5. The molecule has 2 aromatic rings. The molecule has 0 aromatic heterocycles. The van der Waals surface area contributed by atoms with E-state index >= 15 is 0 Å². The molecule has 3 N–H and O–H groups in total. The molecule has 0 saturated heterocycles. The van der Waals surface area contributed by atoms with E-state index < -0.39 is 5.41 Å². The maximum absolute atomic E-state index is 10.1. The van der Waals surface area contributed by atoms with Gasteiger partial charge in [-0.25, -0.2) is 0 Å². The third kappa shape index (κ3) is 3.19. The summed E-state index contributed by atoms with van der Waals surface area (Å²) >= 11 is 0. The van der Waals surface area contributed by atoms with Crippen molar-refractivity contribution in [2.24, 2.45) is 5.92 Å². The van der Waals surface area contributed by atoms with Crippen LogP contribution in [-0.4, -0.2) is 21.9 Å². The standard InChI is InChI=1S/C18H22O3/c1-13(2)11-18(12-19,14-3-7-16(20)8-4-14)15-5-9-17(21)10-6-15/h3-10,13,19-21H,11-12H2,1-2H3. The summed E-state index contributed by atoms with van der Waals surface area (Å²) in [5, 5.41) is 29.1. The smallest absolute Gasteiger partial charge is 0.115 e. The van der Waals surface area contributed by atoms with E-state index in [4.69, 9.17) is 0 Å². The Kier molecular flexibility index (Phi) is 4.53. The summed E-state index contributed by atoms with van der Waals surface area (Å²) in [6.07, 6.45) is 0.777. The average molecular weight is 286 g/mol. The molecule has 0 bridgehead atoms. The lowest BCUT2D eigenvalue weighted by atomic mass is 9.70. The zero-order valence-electron chi connectivity index (χ0n) is 12.5. The molecule has 0 heterocycles. The SMILES string of the molecule is CC(C)CC(CO)(c1ccc(O)cc1)c1ccc(O)cc1. The van der Waals surface area contributed by atoms with Crippen LogP contribution in [0.15, 0.2) is 48.5 Å². The molecule has 0 amide bonds. The molecule has 0 fully saturated rings. The van der Waals surface area contributed by atoms with Crippen molar-refractivity contribution in [3.63, 3.8) is 0 Å². The minimum Gasteiger partial charge on any atom is -0.508 e. The summed E-state index contributed by atoms with van der Waals surface area (Å²) in [4.78, 5) is 0. The van der Waals surface area contributed by atoms with E-state index in [1.807, 2.05) is 24.3 Å². The second-order valence-electron chi connectivity index (χ2n) is 5.93. The fourth-order valence-electron chi connectivity index (χ4n) is 2.91. The molecule has 0 aliphatic carbocycles. The summed E-state index contributed by atoms with van der Waals surface area (Å²) in [6.45, 7) is 4.21. The largest absolute Gasteiger partial charge is 0.508 e. The summed E-state index contributed by atoms with van der Waals surface area (Å²) in [6, 6.07) is 13.9. The van der Waals surface area contributed by atoms with Crippen LogP contribution < -0.4 is 0 Å². The lowest BCUT2D eigenvalue weighted by molar-refractivity contribution is 0.198. The molecular weight excluding hydrogens is 264 g/mol. The Hall–Kier alpha value is -2.00. The third-order valence-corrected chi connectivity index (χ3v) is 3.87. The molecule has 2 aromatic carbocycles. The topological polar surface area (TPSA) is 60.7 Å². The van der Waals surface area contributed by atoms with Crippen LogP contribution in [-0.2, 0) is 5.41 Å². The zero-order chi connectivity index (χ0) is 15.5. The van der Waals surface area contributed by atoms with E-state index in [0.29, 0.717) is 5.92 Å². The molecule has 0 atom stereocenters. The second kappa shape index (κ2) is 6.19. The fraction of sp³-hybridized carbons (Fsp3) is 0.333. The highest BCUT2D eigenvalue weighted by molar-refractivity contribution is 5.43. The van der Waals surface area contributed by atoms with Gasteiger partial charge < -0.3 is 15.3 Å². The van der Waals surface area contributed by atoms with Gasteiger partial charge in [-0.05, 0) is 47.7 Å². The lowest BCUT2D eigenvalue weighted by Crippen LogP contribution is -2.33. The van der Waals surface area contributed by atoms with E-state index in [-0.39, 0.29) is 18.1 Å². The number of aromatic hydroxyl groups is 2. The minimum atomic E-state index is -0.532. The minimum absolute atomic E-state index is 0.0271. The summed E-state index contributed by atoms with van der Waals surface area (Å²) in [5.41, 5.74) is 1.39. The molecule has 0 saturated carbocycles. The summed E-state index contributed by atoms with van der Waals surface area (Å²) in [7, 11) is 0. The van der Waals surface area contributed by atoms with Crippen molar-refractivity contribution in [3.05, 3.63) is 59.7 Å². The molecule has 0 unspecified atom stereocenters. The number of benzene rings is 2. The Bertz CT molecular complexity index is 525. The van der Waals surface area contributed by atoms with Crippen LogP contribution in [0.3, 0.4) is 0 Å². The molecule has 2 rings (SSSR count). The molecule has 0 aliphatic rings. The molecule has 112 valence electrons. The van der Waals surface area contributed by atoms with Gasteiger partial charge in [0.15, 0.2) is 0 Å². The number of hydrogen-bond acceptors (Lipinski definition) is 3. The highest BCUT2D eigenvalue weighted by Crippen LogP contribution is 2.39. The first-order chi connectivity index (χ1) is 9.98. The van der Waals surface area contributed by atoms with Crippen molar-refractivity contribution in [1.82, 2.24) is 0 Å². The third-order valence-electron chi connectivity index (χ3n) is 3.87. The molecular formula is C18H22O3. The van der Waals surface area contributed by atoms with Gasteiger partial charge >= 0.3 is 0 Å². The van der Waals surface area contributed by atoms with Crippen molar-refractivity contribution >= 4 is 0 Å². The maximum atomic E-state index is 10.1. The lowest BCUT2D eigenvalue weighted by Gasteiger charge is -2.35. The van der Waals surface area contributed by atoms with Crippen molar-refractivity contribution in [1.29, 1.82) is 0 Å². The van der Waals surface area contributed by atoms with E-state index in [2.05, 4.69) is 13.8 Å². The van der Waals surface area contributed by atoms with Crippen LogP contribution in [0.1, 0.15) is 31.4 Å². The monoisotopic (exact) mass is 286 g/mol. The number of rotatable bonds is 5. The van der Waals surface area contributed by atoms with Gasteiger partial charge in [0.2, 0.25) is 0 Å². The highest BCUT2D eigenvalue weighted by atomic mass is 16.3. The van der Waals surface area contributed by atoms with E-state index in [9.17, 15) is 15.3 Å². The number of phenolic OH excluding ortho intramolecular Hbond substituents is 2. The van der Waals surface area contributed by atoms with Crippen LogP contribution in [0.2, 0.25) is 0 Å². The van der Waals surface area contributed by atoms with Gasteiger partial charge in [0, 0.05) is 5.41 Å². The van der Waals surface area contributed by atoms with Crippen LogP contribution in [0.5, 0.6) is 11.5 Å². The number of aliphatic hydroxyl groups is 1. The Morgan fingerprint density at radius 2 is 1.19 bits per heavy atom. The van der Waals surface area contributed by atoms with Crippen molar-refractivity contribution < 1.29 is 15.3 Å². The number of hydrogen-bond donors (Lipinski definition) is 3. The van der Waals surface area contributed by atoms with Crippen molar-refractivity contribution in [3.8, 4) is 11.5 Å². The van der Waals surface area contributed by atoms with Gasteiger partial charge in [-0.3, -0.25) is 0 Å².